The fourth-order valence-corrected chi connectivity index (χ4v) is 2.40. The number of hydrogen-bond acceptors (Lipinski definition) is 3. The number of rotatable bonds is 3. The molecule has 118 valence electrons. The Labute approximate surface area is 134 Å². The van der Waals surface area contributed by atoms with Gasteiger partial charge in [-0.3, -0.25) is 9.59 Å². The van der Waals surface area contributed by atoms with Gasteiger partial charge in [0, 0.05) is 12.1 Å². The van der Waals surface area contributed by atoms with Crippen molar-refractivity contribution in [3.05, 3.63) is 58.7 Å². The number of ether oxygens (including phenoxy) is 1. The zero-order valence-electron chi connectivity index (χ0n) is 13.1. The first-order chi connectivity index (χ1) is 11.0. The van der Waals surface area contributed by atoms with Crippen LogP contribution in [0.15, 0.2) is 36.4 Å². The van der Waals surface area contributed by atoms with Crippen molar-refractivity contribution in [1.82, 2.24) is 5.32 Å². The number of carbonyl (C=O) groups excluding carboxylic acids is 2. The number of nitrogens with one attached hydrogen (secondary N) is 2. The molecule has 23 heavy (non-hydrogen) atoms. The normalized spacial score (nSPS) is 12.9. The van der Waals surface area contributed by atoms with Crippen molar-refractivity contribution in [2.45, 2.75) is 20.4 Å². The Morgan fingerprint density at radius 3 is 2.78 bits per heavy atom. The molecule has 0 fully saturated rings. The molecule has 0 spiro atoms. The molecule has 2 aromatic rings. The van der Waals surface area contributed by atoms with Crippen molar-refractivity contribution in [3.8, 4) is 5.75 Å². The van der Waals surface area contributed by atoms with Crippen LogP contribution >= 0.6 is 0 Å². The van der Waals surface area contributed by atoms with Crippen LogP contribution in [0.5, 0.6) is 5.75 Å². The molecule has 0 aromatic heterocycles. The summed E-state index contributed by atoms with van der Waals surface area (Å²) in [4.78, 5) is 23.5. The maximum atomic E-state index is 12.2. The van der Waals surface area contributed by atoms with E-state index >= 15 is 0 Å². The minimum atomic E-state index is -0.159. The van der Waals surface area contributed by atoms with Gasteiger partial charge in [0.1, 0.15) is 5.75 Å². The number of carbonyl (C=O) groups is 2. The van der Waals surface area contributed by atoms with Crippen LogP contribution in [-0.2, 0) is 11.3 Å². The second-order valence-electron chi connectivity index (χ2n) is 5.65. The van der Waals surface area contributed by atoms with Gasteiger partial charge in [0.25, 0.3) is 11.8 Å². The van der Waals surface area contributed by atoms with Crippen LogP contribution in [-0.4, -0.2) is 18.4 Å². The van der Waals surface area contributed by atoms with Crippen LogP contribution in [0.2, 0.25) is 0 Å². The summed E-state index contributed by atoms with van der Waals surface area (Å²) >= 11 is 0. The summed E-state index contributed by atoms with van der Waals surface area (Å²) in [5.74, 6) is 0.357. The maximum Gasteiger partial charge on any atom is 0.262 e. The first-order valence-corrected chi connectivity index (χ1v) is 7.44. The zero-order chi connectivity index (χ0) is 16.4. The van der Waals surface area contributed by atoms with E-state index in [4.69, 9.17) is 4.74 Å². The molecule has 0 unspecified atom stereocenters. The molecular weight excluding hydrogens is 292 g/mol. The molecule has 0 bridgehead atoms. The second-order valence-corrected chi connectivity index (χ2v) is 5.65. The Morgan fingerprint density at radius 1 is 1.17 bits per heavy atom. The molecule has 0 saturated carbocycles. The lowest BCUT2D eigenvalue weighted by Crippen LogP contribution is -2.26. The highest BCUT2D eigenvalue weighted by Gasteiger charge is 2.16. The topological polar surface area (TPSA) is 67.4 Å². The van der Waals surface area contributed by atoms with E-state index in [1.807, 2.05) is 44.2 Å². The summed E-state index contributed by atoms with van der Waals surface area (Å²) in [6.45, 7) is 4.42. The minimum Gasteiger partial charge on any atom is -0.482 e. The third kappa shape index (κ3) is 3.34. The van der Waals surface area contributed by atoms with E-state index < -0.39 is 0 Å². The van der Waals surface area contributed by atoms with Crippen LogP contribution in [0.1, 0.15) is 27.0 Å². The van der Waals surface area contributed by atoms with Gasteiger partial charge in [0.2, 0.25) is 0 Å². The minimum absolute atomic E-state index is 0.0193. The molecular formula is C18H18N2O3. The van der Waals surface area contributed by atoms with Crippen molar-refractivity contribution in [2.75, 3.05) is 11.9 Å². The molecule has 0 atom stereocenters. The first kappa shape index (κ1) is 15.1. The van der Waals surface area contributed by atoms with Crippen molar-refractivity contribution in [2.24, 2.45) is 0 Å². The summed E-state index contributed by atoms with van der Waals surface area (Å²) < 4.78 is 5.37. The van der Waals surface area contributed by atoms with Gasteiger partial charge in [0.15, 0.2) is 6.61 Å². The number of amides is 2. The van der Waals surface area contributed by atoms with Crippen LogP contribution in [0, 0.1) is 13.8 Å². The highest BCUT2D eigenvalue weighted by Crippen LogP contribution is 2.28. The summed E-state index contributed by atoms with van der Waals surface area (Å²) in [5.41, 5.74) is 4.48. The van der Waals surface area contributed by atoms with E-state index in [-0.39, 0.29) is 18.4 Å². The van der Waals surface area contributed by atoms with Gasteiger partial charge in [0.05, 0.1) is 5.69 Å². The standard InChI is InChI=1S/C18H18N2O3/c1-11-3-5-14(7-12(11)2)18(22)19-9-13-4-6-15-16(8-13)23-10-17(21)20-15/h3-8H,9-10H2,1-2H3,(H,19,22)(H,20,21). The Kier molecular flexibility index (Phi) is 4.02. The molecule has 1 aliphatic rings. The highest BCUT2D eigenvalue weighted by molar-refractivity contribution is 5.95. The predicted octanol–water partition coefficient (Wildman–Crippen LogP) is 2.56. The number of aryl methyl sites for hydroxylation is 2. The Balaban J connectivity index is 1.67. The molecule has 5 heteroatoms. The first-order valence-electron chi connectivity index (χ1n) is 7.44. The number of fused-ring (bicyclic) bond motifs is 1. The Hall–Kier alpha value is -2.82. The maximum absolute atomic E-state index is 12.2. The van der Waals surface area contributed by atoms with Crippen LogP contribution in [0.3, 0.4) is 0 Å². The van der Waals surface area contributed by atoms with Gasteiger partial charge in [-0.2, -0.15) is 0 Å². The third-order valence-electron chi connectivity index (χ3n) is 3.90. The van der Waals surface area contributed by atoms with E-state index in [2.05, 4.69) is 10.6 Å². The van der Waals surface area contributed by atoms with Gasteiger partial charge in [-0.1, -0.05) is 12.1 Å². The van der Waals surface area contributed by atoms with Crippen LogP contribution < -0.4 is 15.4 Å². The summed E-state index contributed by atoms with van der Waals surface area (Å²) in [6, 6.07) is 11.1. The average Bonchev–Trinajstić information content (AvgIpc) is 2.55. The summed E-state index contributed by atoms with van der Waals surface area (Å²) in [6.07, 6.45) is 0. The zero-order valence-corrected chi connectivity index (χ0v) is 13.1. The Bertz CT molecular complexity index is 784. The molecule has 0 radical (unpaired) electrons. The summed E-state index contributed by atoms with van der Waals surface area (Å²) in [7, 11) is 0. The van der Waals surface area contributed by atoms with Crippen LogP contribution in [0.25, 0.3) is 0 Å². The number of benzene rings is 2. The van der Waals surface area contributed by atoms with Gasteiger partial charge in [-0.15, -0.1) is 0 Å². The van der Waals surface area contributed by atoms with Gasteiger partial charge in [-0.05, 0) is 54.8 Å². The van der Waals surface area contributed by atoms with Crippen molar-refractivity contribution in [3.63, 3.8) is 0 Å². The van der Waals surface area contributed by atoms with Crippen molar-refractivity contribution < 1.29 is 14.3 Å². The second kappa shape index (κ2) is 6.12. The fraction of sp³-hybridized carbons (Fsp3) is 0.222. The SMILES string of the molecule is Cc1ccc(C(=O)NCc2ccc3c(c2)OCC(=O)N3)cc1C. The van der Waals surface area contributed by atoms with E-state index in [0.717, 1.165) is 16.7 Å². The molecule has 1 aliphatic heterocycles. The fourth-order valence-electron chi connectivity index (χ4n) is 2.40. The molecule has 3 rings (SSSR count). The van der Waals surface area contributed by atoms with Crippen LogP contribution in [0.4, 0.5) is 5.69 Å². The summed E-state index contributed by atoms with van der Waals surface area (Å²) in [5, 5.41) is 5.63. The Morgan fingerprint density at radius 2 is 2.00 bits per heavy atom. The molecule has 2 aromatic carbocycles. The van der Waals surface area contributed by atoms with E-state index in [1.165, 1.54) is 0 Å². The molecule has 2 N–H and O–H groups in total. The molecule has 5 nitrogen and oxygen atoms in total. The van der Waals surface area contributed by atoms with Crippen molar-refractivity contribution >= 4 is 17.5 Å². The lowest BCUT2D eigenvalue weighted by molar-refractivity contribution is -0.118. The molecule has 2 amide bonds. The molecule has 1 heterocycles. The number of anilines is 1. The third-order valence-corrected chi connectivity index (χ3v) is 3.90. The smallest absolute Gasteiger partial charge is 0.262 e. The van der Waals surface area contributed by atoms with E-state index in [0.29, 0.717) is 23.5 Å². The van der Waals surface area contributed by atoms with Gasteiger partial charge < -0.3 is 15.4 Å². The molecule has 0 saturated heterocycles. The highest BCUT2D eigenvalue weighted by atomic mass is 16.5. The quantitative estimate of drug-likeness (QED) is 0.915. The van der Waals surface area contributed by atoms with E-state index in [9.17, 15) is 9.59 Å². The molecule has 0 aliphatic carbocycles. The monoisotopic (exact) mass is 310 g/mol. The number of hydrogen-bond donors (Lipinski definition) is 2. The van der Waals surface area contributed by atoms with E-state index in [1.54, 1.807) is 6.07 Å². The van der Waals surface area contributed by atoms with Gasteiger partial charge >= 0.3 is 0 Å². The van der Waals surface area contributed by atoms with Crippen molar-refractivity contribution in [1.29, 1.82) is 0 Å². The largest absolute Gasteiger partial charge is 0.482 e. The predicted molar refractivity (Wildman–Crippen MR) is 87.7 cm³/mol. The lowest BCUT2D eigenvalue weighted by Gasteiger charge is -2.18. The lowest BCUT2D eigenvalue weighted by atomic mass is 10.1. The average molecular weight is 310 g/mol. The van der Waals surface area contributed by atoms with Gasteiger partial charge in [-0.25, -0.2) is 0 Å².